The number of carbonyl (C=O) groups is 1. The first-order valence-electron chi connectivity index (χ1n) is 4.30. The van der Waals surface area contributed by atoms with Crippen molar-refractivity contribution in [1.29, 1.82) is 0 Å². The van der Waals surface area contributed by atoms with Crippen LogP contribution in [0.3, 0.4) is 0 Å². The first-order chi connectivity index (χ1) is 5.85. The molecular formula is C10H18O3. The summed E-state index contributed by atoms with van der Waals surface area (Å²) in [6, 6.07) is 0. The minimum Gasteiger partial charge on any atom is -0.433 e. The molecule has 0 saturated heterocycles. The van der Waals surface area contributed by atoms with Gasteiger partial charge < -0.3 is 9.47 Å². The molecule has 76 valence electrons. The van der Waals surface area contributed by atoms with Gasteiger partial charge in [0, 0.05) is 6.08 Å². The zero-order valence-corrected chi connectivity index (χ0v) is 8.79. The quantitative estimate of drug-likeness (QED) is 0.383. The zero-order valence-electron chi connectivity index (χ0n) is 8.79. The Hall–Kier alpha value is -0.830. The summed E-state index contributed by atoms with van der Waals surface area (Å²) in [7, 11) is 0. The largest absolute Gasteiger partial charge is 0.433 e. The van der Waals surface area contributed by atoms with E-state index in [-0.39, 0.29) is 5.41 Å². The van der Waals surface area contributed by atoms with Crippen molar-refractivity contribution in [3.63, 3.8) is 0 Å². The average Bonchev–Trinajstić information content (AvgIpc) is 1.99. The Kier molecular flexibility index (Phi) is 4.70. The summed E-state index contributed by atoms with van der Waals surface area (Å²) in [6.07, 6.45) is 0.612. The van der Waals surface area contributed by atoms with Crippen molar-refractivity contribution in [2.45, 2.75) is 34.0 Å². The normalized spacial score (nSPS) is 13.5. The summed E-state index contributed by atoms with van der Waals surface area (Å²) in [5.41, 5.74) is 0.0782. The number of rotatable bonds is 4. The van der Waals surface area contributed by atoms with Crippen molar-refractivity contribution >= 4 is 5.97 Å². The summed E-state index contributed by atoms with van der Waals surface area (Å²) in [5, 5.41) is 0. The van der Waals surface area contributed by atoms with Crippen LogP contribution >= 0.6 is 0 Å². The summed E-state index contributed by atoms with van der Waals surface area (Å²) in [5.74, 6) is -0.457. The van der Waals surface area contributed by atoms with Crippen molar-refractivity contribution in [1.82, 2.24) is 0 Å². The minimum atomic E-state index is -0.510. The molecule has 13 heavy (non-hydrogen) atoms. The van der Waals surface area contributed by atoms with E-state index in [2.05, 4.69) is 27.4 Å². The highest BCUT2D eigenvalue weighted by Gasteiger charge is 2.14. The van der Waals surface area contributed by atoms with Crippen LogP contribution in [0.4, 0.5) is 0 Å². The molecule has 0 fully saturated rings. The average molecular weight is 186 g/mol. The van der Waals surface area contributed by atoms with E-state index in [4.69, 9.17) is 9.47 Å². The van der Waals surface area contributed by atoms with Crippen molar-refractivity contribution < 1.29 is 14.3 Å². The molecular weight excluding hydrogens is 168 g/mol. The van der Waals surface area contributed by atoms with Crippen LogP contribution in [-0.4, -0.2) is 18.9 Å². The summed E-state index contributed by atoms with van der Waals surface area (Å²) in [6.45, 7) is 11.7. The van der Waals surface area contributed by atoms with E-state index >= 15 is 0 Å². The lowest BCUT2D eigenvalue weighted by molar-refractivity contribution is -0.173. The first-order valence-corrected chi connectivity index (χ1v) is 4.30. The van der Waals surface area contributed by atoms with Gasteiger partial charge >= 0.3 is 5.97 Å². The molecule has 0 spiro atoms. The molecule has 0 bridgehead atoms. The molecule has 0 aliphatic carbocycles. The predicted octanol–water partition coefficient (Wildman–Crippen LogP) is 2.12. The van der Waals surface area contributed by atoms with Gasteiger partial charge in [-0.1, -0.05) is 27.4 Å². The van der Waals surface area contributed by atoms with Crippen LogP contribution in [0.25, 0.3) is 0 Å². The van der Waals surface area contributed by atoms with Crippen LogP contribution in [-0.2, 0) is 14.3 Å². The lowest BCUT2D eigenvalue weighted by Crippen LogP contribution is -2.23. The monoisotopic (exact) mass is 186 g/mol. The Bertz CT molecular complexity index is 179. The fraction of sp³-hybridized carbons (Fsp3) is 0.700. The van der Waals surface area contributed by atoms with Crippen LogP contribution in [0.5, 0.6) is 0 Å². The molecule has 0 rings (SSSR count). The van der Waals surface area contributed by atoms with Crippen LogP contribution in [0.15, 0.2) is 12.7 Å². The summed E-state index contributed by atoms with van der Waals surface area (Å²) < 4.78 is 10.1. The Labute approximate surface area is 79.7 Å². The maximum atomic E-state index is 10.7. The number of carbonyl (C=O) groups excluding carboxylic acids is 1. The van der Waals surface area contributed by atoms with Crippen LogP contribution in [0.1, 0.15) is 27.7 Å². The molecule has 0 aliphatic heterocycles. The molecule has 0 aromatic heterocycles. The van der Waals surface area contributed by atoms with Crippen molar-refractivity contribution in [2.75, 3.05) is 6.61 Å². The number of hydrogen-bond acceptors (Lipinski definition) is 3. The highest BCUT2D eigenvalue weighted by Crippen LogP contribution is 2.14. The zero-order chi connectivity index (χ0) is 10.5. The van der Waals surface area contributed by atoms with Crippen LogP contribution in [0, 0.1) is 5.41 Å². The van der Waals surface area contributed by atoms with Crippen LogP contribution < -0.4 is 0 Å². The standard InChI is InChI=1S/C10H18O3/c1-6-9(11)13-8(2)12-7-10(3,4)5/h6,8H,1,7H2,2-5H3. The smallest absolute Gasteiger partial charge is 0.332 e. The molecule has 3 nitrogen and oxygen atoms in total. The van der Waals surface area contributed by atoms with Crippen molar-refractivity contribution in [3.05, 3.63) is 12.7 Å². The van der Waals surface area contributed by atoms with E-state index in [9.17, 15) is 4.79 Å². The second-order valence-electron chi connectivity index (χ2n) is 4.08. The summed E-state index contributed by atoms with van der Waals surface area (Å²) >= 11 is 0. The molecule has 0 radical (unpaired) electrons. The Morgan fingerprint density at radius 1 is 1.54 bits per heavy atom. The molecule has 0 saturated carbocycles. The third-order valence-electron chi connectivity index (χ3n) is 1.20. The molecule has 0 aromatic rings. The van der Waals surface area contributed by atoms with Gasteiger partial charge in [0.15, 0.2) is 6.29 Å². The van der Waals surface area contributed by atoms with E-state index in [1.165, 1.54) is 0 Å². The van der Waals surface area contributed by atoms with Gasteiger partial charge in [0.2, 0.25) is 0 Å². The van der Waals surface area contributed by atoms with E-state index in [1.807, 2.05) is 0 Å². The van der Waals surface area contributed by atoms with Gasteiger partial charge in [0.05, 0.1) is 6.61 Å². The van der Waals surface area contributed by atoms with Crippen LogP contribution in [0.2, 0.25) is 0 Å². The first kappa shape index (κ1) is 12.2. The molecule has 0 N–H and O–H groups in total. The third-order valence-corrected chi connectivity index (χ3v) is 1.20. The van der Waals surface area contributed by atoms with Gasteiger partial charge in [-0.05, 0) is 12.3 Å². The fourth-order valence-corrected chi connectivity index (χ4v) is 0.613. The molecule has 1 unspecified atom stereocenters. The van der Waals surface area contributed by atoms with Gasteiger partial charge in [-0.2, -0.15) is 0 Å². The topological polar surface area (TPSA) is 35.5 Å². The van der Waals surface area contributed by atoms with Gasteiger partial charge in [0.1, 0.15) is 0 Å². The highest BCUT2D eigenvalue weighted by molar-refractivity contribution is 5.81. The molecule has 3 heteroatoms. The lowest BCUT2D eigenvalue weighted by Gasteiger charge is -2.21. The number of ether oxygens (including phenoxy) is 2. The maximum Gasteiger partial charge on any atom is 0.332 e. The van der Waals surface area contributed by atoms with E-state index < -0.39 is 12.3 Å². The van der Waals surface area contributed by atoms with Gasteiger partial charge in [-0.3, -0.25) is 0 Å². The predicted molar refractivity (Wildman–Crippen MR) is 51.2 cm³/mol. The maximum absolute atomic E-state index is 10.7. The van der Waals surface area contributed by atoms with Gasteiger partial charge in [-0.25, -0.2) is 4.79 Å². The second kappa shape index (κ2) is 5.02. The van der Waals surface area contributed by atoms with E-state index in [1.54, 1.807) is 6.92 Å². The van der Waals surface area contributed by atoms with E-state index in [0.717, 1.165) is 6.08 Å². The van der Waals surface area contributed by atoms with Crippen molar-refractivity contribution in [3.8, 4) is 0 Å². The molecule has 0 aliphatic rings. The van der Waals surface area contributed by atoms with Gasteiger partial charge in [0.25, 0.3) is 0 Å². The fourth-order valence-electron chi connectivity index (χ4n) is 0.613. The van der Waals surface area contributed by atoms with Gasteiger partial charge in [-0.15, -0.1) is 0 Å². The molecule has 0 amide bonds. The Balaban J connectivity index is 3.69. The Morgan fingerprint density at radius 2 is 2.08 bits per heavy atom. The minimum absolute atomic E-state index is 0.0782. The molecule has 0 aromatic carbocycles. The van der Waals surface area contributed by atoms with E-state index in [0.29, 0.717) is 6.61 Å². The molecule has 1 atom stereocenters. The lowest BCUT2D eigenvalue weighted by atomic mass is 9.99. The number of hydrogen-bond donors (Lipinski definition) is 0. The number of esters is 1. The third kappa shape index (κ3) is 7.53. The summed E-state index contributed by atoms with van der Waals surface area (Å²) in [4.78, 5) is 10.7. The van der Waals surface area contributed by atoms with Crippen molar-refractivity contribution in [2.24, 2.45) is 5.41 Å². The SMILES string of the molecule is C=CC(=O)OC(C)OCC(C)(C)C. The highest BCUT2D eigenvalue weighted by atomic mass is 16.7. The molecule has 0 heterocycles. The second-order valence-corrected chi connectivity index (χ2v) is 4.08. The Morgan fingerprint density at radius 3 is 2.46 bits per heavy atom.